The molecule has 42 heavy (non-hydrogen) atoms. The van der Waals surface area contributed by atoms with Gasteiger partial charge in [0.1, 0.15) is 5.82 Å². The Labute approximate surface area is 247 Å². The van der Waals surface area contributed by atoms with Crippen LogP contribution in [0.1, 0.15) is 54.0 Å². The zero-order valence-electron chi connectivity index (χ0n) is 23.0. The highest BCUT2D eigenvalue weighted by atomic mass is 35.5. The van der Waals surface area contributed by atoms with Crippen molar-refractivity contribution in [1.82, 2.24) is 14.5 Å². The lowest BCUT2D eigenvalue weighted by atomic mass is 10.0. The van der Waals surface area contributed by atoms with Crippen LogP contribution in [0.25, 0.3) is 10.9 Å². The number of hydrogen-bond donors (Lipinski definition) is 3. The van der Waals surface area contributed by atoms with E-state index in [0.29, 0.717) is 51.3 Å². The van der Waals surface area contributed by atoms with Gasteiger partial charge in [-0.15, -0.1) is 12.4 Å². The number of aromatic nitrogens is 3. The molecule has 218 valence electrons. The van der Waals surface area contributed by atoms with Gasteiger partial charge in [0.05, 0.1) is 31.5 Å². The van der Waals surface area contributed by atoms with Gasteiger partial charge in [-0.25, -0.2) is 9.78 Å². The molecule has 2 heterocycles. The molecule has 1 aliphatic rings. The zero-order chi connectivity index (χ0) is 29.1. The number of rotatable bonds is 6. The Morgan fingerprint density at radius 2 is 1.86 bits per heavy atom. The van der Waals surface area contributed by atoms with Gasteiger partial charge in [0, 0.05) is 35.2 Å². The van der Waals surface area contributed by atoms with Crippen molar-refractivity contribution in [3.63, 3.8) is 0 Å². The normalized spacial score (nSPS) is 12.7. The average molecular weight is 592 g/mol. The molecule has 1 aliphatic carbocycles. The van der Waals surface area contributed by atoms with E-state index in [0.717, 1.165) is 31.2 Å². The Morgan fingerprint density at radius 1 is 1.10 bits per heavy atom. The molecule has 1 fully saturated rings. The van der Waals surface area contributed by atoms with Gasteiger partial charge in [-0.05, 0) is 48.7 Å². The second-order valence-corrected chi connectivity index (χ2v) is 9.71. The monoisotopic (exact) mass is 591 g/mol. The van der Waals surface area contributed by atoms with Gasteiger partial charge in [0.15, 0.2) is 17.2 Å². The van der Waals surface area contributed by atoms with E-state index in [1.807, 2.05) is 22.8 Å². The topological polar surface area (TPSA) is 165 Å². The van der Waals surface area contributed by atoms with E-state index in [9.17, 15) is 9.59 Å². The lowest BCUT2D eigenvalue weighted by Gasteiger charge is -2.19. The minimum atomic E-state index is -1.53. The minimum absolute atomic E-state index is 0. The predicted molar refractivity (Wildman–Crippen MR) is 161 cm³/mol. The van der Waals surface area contributed by atoms with Crippen molar-refractivity contribution in [2.45, 2.75) is 38.1 Å². The first-order chi connectivity index (χ1) is 19.8. The summed E-state index contributed by atoms with van der Waals surface area (Å²) in [4.78, 5) is 32.3. The molecule has 12 heteroatoms. The summed E-state index contributed by atoms with van der Waals surface area (Å²) in [6.45, 7) is 0. The van der Waals surface area contributed by atoms with E-state index in [-0.39, 0.29) is 30.1 Å². The molecule has 0 amide bonds. The Bertz CT molecular complexity index is 1770. The number of halogens is 1. The molecular formula is C30H30ClN5O6. The SMILES string of the molecule is COc1cc(Cc2cnc(N)nc2N)cc(C#Cc2ccc3c(=O)c(OC(=O)O)cn(C4CCCC4)c3c2)c1OC.Cl. The number of methoxy groups -OCH3 is 2. The molecule has 1 saturated carbocycles. The summed E-state index contributed by atoms with van der Waals surface area (Å²) < 4.78 is 17.9. The van der Waals surface area contributed by atoms with Gasteiger partial charge in [-0.3, -0.25) is 4.79 Å². The maximum atomic E-state index is 13.0. The molecule has 0 unspecified atom stereocenters. The van der Waals surface area contributed by atoms with Crippen LogP contribution in [0.2, 0.25) is 0 Å². The first-order valence-corrected chi connectivity index (χ1v) is 13.0. The fraction of sp³-hybridized carbons (Fsp3) is 0.267. The number of carbonyl (C=O) groups is 1. The molecule has 5 rings (SSSR count). The van der Waals surface area contributed by atoms with Crippen molar-refractivity contribution in [3.05, 3.63) is 75.2 Å². The summed E-state index contributed by atoms with van der Waals surface area (Å²) >= 11 is 0. The summed E-state index contributed by atoms with van der Waals surface area (Å²) in [6.07, 6.45) is 5.94. The molecule has 5 N–H and O–H groups in total. The second kappa shape index (κ2) is 12.7. The Balaban J connectivity index is 0.00000405. The number of pyridine rings is 1. The molecule has 0 atom stereocenters. The van der Waals surface area contributed by atoms with E-state index in [4.69, 9.17) is 30.8 Å². The van der Waals surface area contributed by atoms with E-state index < -0.39 is 11.6 Å². The Morgan fingerprint density at radius 3 is 2.52 bits per heavy atom. The maximum Gasteiger partial charge on any atom is 0.511 e. The van der Waals surface area contributed by atoms with Crippen LogP contribution in [0, 0.1) is 11.8 Å². The number of anilines is 2. The third-order valence-corrected chi connectivity index (χ3v) is 7.11. The predicted octanol–water partition coefficient (Wildman–Crippen LogP) is 4.56. The van der Waals surface area contributed by atoms with Crippen LogP contribution in [0.4, 0.5) is 16.6 Å². The minimum Gasteiger partial charge on any atom is -0.493 e. The van der Waals surface area contributed by atoms with Gasteiger partial charge in [0.25, 0.3) is 0 Å². The molecule has 4 aromatic rings. The van der Waals surface area contributed by atoms with Crippen LogP contribution in [0.5, 0.6) is 17.2 Å². The summed E-state index contributed by atoms with van der Waals surface area (Å²) in [7, 11) is 3.09. The van der Waals surface area contributed by atoms with Gasteiger partial charge >= 0.3 is 6.16 Å². The molecule has 0 spiro atoms. The summed E-state index contributed by atoms with van der Waals surface area (Å²) in [5.74, 6) is 7.53. The number of hydrogen-bond acceptors (Lipinski definition) is 9. The molecule has 11 nitrogen and oxygen atoms in total. The number of nitrogens with two attached hydrogens (primary N) is 2. The first kappa shape index (κ1) is 30.0. The van der Waals surface area contributed by atoms with Crippen LogP contribution in [0.3, 0.4) is 0 Å². The molecule has 0 bridgehead atoms. The van der Waals surface area contributed by atoms with Gasteiger partial charge in [0.2, 0.25) is 11.4 Å². The van der Waals surface area contributed by atoms with Crippen LogP contribution < -0.4 is 31.1 Å². The number of nitrogens with zero attached hydrogens (tertiary/aromatic N) is 3. The van der Waals surface area contributed by atoms with E-state index in [2.05, 4.69) is 21.8 Å². The van der Waals surface area contributed by atoms with Crippen molar-refractivity contribution in [2.24, 2.45) is 0 Å². The average Bonchev–Trinajstić information content (AvgIpc) is 3.49. The molecule has 0 aliphatic heterocycles. The third-order valence-electron chi connectivity index (χ3n) is 7.11. The number of fused-ring (bicyclic) bond motifs is 1. The van der Waals surface area contributed by atoms with Crippen molar-refractivity contribution < 1.29 is 24.1 Å². The standard InChI is InChI=1S/C30H29N5O6.ClH/c1-39-24-14-18(12-20-15-33-29(32)34-28(20)31)11-19(27(24)40-2)9-7-17-8-10-22-23(13-17)35(21-5-3-4-6-21)16-25(26(22)36)41-30(37)38;/h8,10-11,13-16,21H,3-6,12H2,1-2H3,(H,37,38)(H4,31,32,33,34);1H. The maximum absolute atomic E-state index is 13.0. The Hall–Kier alpha value is -4.95. The smallest absolute Gasteiger partial charge is 0.493 e. The lowest BCUT2D eigenvalue weighted by Crippen LogP contribution is -2.18. The van der Waals surface area contributed by atoms with Crippen molar-refractivity contribution in [1.29, 1.82) is 0 Å². The quantitative estimate of drug-likeness (QED) is 0.214. The number of carboxylic acid groups (broad SMARTS) is 1. The van der Waals surface area contributed by atoms with Crippen molar-refractivity contribution in [2.75, 3.05) is 25.7 Å². The fourth-order valence-electron chi connectivity index (χ4n) is 5.20. The highest BCUT2D eigenvalue weighted by Gasteiger charge is 2.21. The second-order valence-electron chi connectivity index (χ2n) is 9.71. The number of nitrogen functional groups attached to an aromatic ring is 2. The van der Waals surface area contributed by atoms with Crippen LogP contribution in [-0.4, -0.2) is 40.0 Å². The van der Waals surface area contributed by atoms with Crippen molar-refractivity contribution >= 4 is 41.2 Å². The zero-order valence-corrected chi connectivity index (χ0v) is 23.9. The summed E-state index contributed by atoms with van der Waals surface area (Å²) in [5, 5.41) is 9.49. The molecule has 0 saturated heterocycles. The Kier molecular flexibility index (Phi) is 9.08. The van der Waals surface area contributed by atoms with Gasteiger partial charge in [-0.2, -0.15) is 4.98 Å². The fourth-order valence-corrected chi connectivity index (χ4v) is 5.20. The third kappa shape index (κ3) is 6.19. The van der Waals surface area contributed by atoms with E-state index in [1.165, 1.54) is 6.20 Å². The molecule has 2 aromatic heterocycles. The lowest BCUT2D eigenvalue weighted by molar-refractivity contribution is 0.143. The molecule has 0 radical (unpaired) electrons. The first-order valence-electron chi connectivity index (χ1n) is 13.0. The van der Waals surface area contributed by atoms with Crippen LogP contribution >= 0.6 is 12.4 Å². The largest absolute Gasteiger partial charge is 0.511 e. The number of ether oxygens (including phenoxy) is 3. The van der Waals surface area contributed by atoms with E-state index in [1.54, 1.807) is 32.5 Å². The summed E-state index contributed by atoms with van der Waals surface area (Å²) in [6, 6.07) is 9.07. The highest BCUT2D eigenvalue weighted by molar-refractivity contribution is 5.85. The highest BCUT2D eigenvalue weighted by Crippen LogP contribution is 2.34. The number of benzene rings is 2. The van der Waals surface area contributed by atoms with E-state index >= 15 is 0 Å². The molecular weight excluding hydrogens is 562 g/mol. The van der Waals surface area contributed by atoms with Gasteiger partial charge in [-0.1, -0.05) is 24.7 Å². The van der Waals surface area contributed by atoms with Crippen molar-refractivity contribution in [3.8, 4) is 29.1 Å². The van der Waals surface area contributed by atoms with Gasteiger partial charge < -0.3 is 35.4 Å². The summed E-state index contributed by atoms with van der Waals surface area (Å²) in [5.41, 5.74) is 14.7. The molecule has 2 aromatic carbocycles. The van der Waals surface area contributed by atoms with Crippen LogP contribution in [-0.2, 0) is 6.42 Å². The van der Waals surface area contributed by atoms with Crippen LogP contribution in [0.15, 0.2) is 47.5 Å².